The van der Waals surface area contributed by atoms with Crippen molar-refractivity contribution < 1.29 is 23.8 Å². The van der Waals surface area contributed by atoms with Crippen molar-refractivity contribution in [2.24, 2.45) is 0 Å². The van der Waals surface area contributed by atoms with E-state index in [1.54, 1.807) is 62.8 Å². The summed E-state index contributed by atoms with van der Waals surface area (Å²) in [5.74, 6) is 0.560. The quantitative estimate of drug-likeness (QED) is 0.645. The van der Waals surface area contributed by atoms with Crippen molar-refractivity contribution >= 4 is 23.6 Å². The van der Waals surface area contributed by atoms with Gasteiger partial charge in [0.05, 0.1) is 26.9 Å². The minimum absolute atomic E-state index is 0.310. The van der Waals surface area contributed by atoms with Gasteiger partial charge in [0, 0.05) is 17.3 Å². The average Bonchev–Trinajstić information content (AvgIpc) is 2.66. The Bertz CT molecular complexity index is 781. The van der Waals surface area contributed by atoms with E-state index in [0.29, 0.717) is 22.7 Å². The van der Waals surface area contributed by atoms with E-state index < -0.39 is 5.97 Å². The van der Waals surface area contributed by atoms with Crippen LogP contribution < -0.4 is 14.8 Å². The number of hydrogen-bond acceptors (Lipinski definition) is 5. The number of carbonyl (C=O) groups excluding carboxylic acids is 2. The van der Waals surface area contributed by atoms with Gasteiger partial charge in [-0.25, -0.2) is 4.79 Å². The first-order valence-electron chi connectivity index (χ1n) is 7.47. The molecule has 2 aromatic carbocycles. The number of benzene rings is 2. The fourth-order valence-electron chi connectivity index (χ4n) is 2.13. The van der Waals surface area contributed by atoms with Gasteiger partial charge in [-0.3, -0.25) is 4.79 Å². The summed E-state index contributed by atoms with van der Waals surface area (Å²) in [6.07, 6.45) is 3.03. The van der Waals surface area contributed by atoms with Gasteiger partial charge in [-0.15, -0.1) is 0 Å². The van der Waals surface area contributed by atoms with Crippen LogP contribution in [0.15, 0.2) is 48.5 Å². The zero-order valence-electron chi connectivity index (χ0n) is 14.2. The molecule has 0 bridgehead atoms. The molecule has 2 rings (SSSR count). The highest BCUT2D eigenvalue weighted by molar-refractivity contribution is 6.02. The summed E-state index contributed by atoms with van der Waals surface area (Å²) in [4.78, 5) is 23.4. The predicted molar refractivity (Wildman–Crippen MR) is 95.0 cm³/mol. The summed E-state index contributed by atoms with van der Waals surface area (Å²) >= 11 is 0. The van der Waals surface area contributed by atoms with Gasteiger partial charge in [0.1, 0.15) is 11.5 Å². The lowest BCUT2D eigenvalue weighted by molar-refractivity contribution is -0.111. The molecule has 0 saturated carbocycles. The summed E-state index contributed by atoms with van der Waals surface area (Å²) in [6, 6.07) is 11.7. The zero-order chi connectivity index (χ0) is 18.2. The summed E-state index contributed by atoms with van der Waals surface area (Å²) in [5.41, 5.74) is 1.70. The smallest absolute Gasteiger partial charge is 0.337 e. The standard InChI is InChI=1S/C19H19NO5/c1-23-16-9-10-17(24-2)14(12-16)6-11-18(21)20-15-7-4-13(5-8-15)19(22)25-3/h4-12H,1-3H3,(H,20,21)/b11-6+. The molecule has 0 heterocycles. The first-order chi connectivity index (χ1) is 12.1. The van der Waals surface area contributed by atoms with Gasteiger partial charge in [-0.2, -0.15) is 0 Å². The Morgan fingerprint density at radius 2 is 1.68 bits per heavy atom. The highest BCUT2D eigenvalue weighted by Gasteiger charge is 2.06. The number of hydrogen-bond donors (Lipinski definition) is 1. The first kappa shape index (κ1) is 18.1. The van der Waals surface area contributed by atoms with Crippen LogP contribution in [0.1, 0.15) is 15.9 Å². The fourth-order valence-corrected chi connectivity index (χ4v) is 2.13. The van der Waals surface area contributed by atoms with E-state index in [9.17, 15) is 9.59 Å². The molecule has 25 heavy (non-hydrogen) atoms. The number of rotatable bonds is 6. The normalized spacial score (nSPS) is 10.4. The fraction of sp³-hybridized carbons (Fsp3) is 0.158. The second-order valence-corrected chi connectivity index (χ2v) is 5.00. The van der Waals surface area contributed by atoms with Crippen molar-refractivity contribution in [1.82, 2.24) is 0 Å². The monoisotopic (exact) mass is 341 g/mol. The van der Waals surface area contributed by atoms with Crippen molar-refractivity contribution in [2.45, 2.75) is 0 Å². The van der Waals surface area contributed by atoms with Crippen molar-refractivity contribution in [3.8, 4) is 11.5 Å². The molecule has 0 aliphatic carbocycles. The molecule has 1 amide bonds. The van der Waals surface area contributed by atoms with Crippen LogP contribution in [-0.4, -0.2) is 33.2 Å². The molecular weight excluding hydrogens is 322 g/mol. The molecule has 6 nitrogen and oxygen atoms in total. The Kier molecular flexibility index (Phi) is 6.17. The summed E-state index contributed by atoms with van der Waals surface area (Å²) in [5, 5.41) is 2.71. The maximum atomic E-state index is 12.1. The van der Waals surface area contributed by atoms with Gasteiger partial charge in [-0.1, -0.05) is 0 Å². The number of nitrogens with one attached hydrogen (secondary N) is 1. The Balaban J connectivity index is 2.07. The van der Waals surface area contributed by atoms with E-state index >= 15 is 0 Å². The molecule has 0 spiro atoms. The second kappa shape index (κ2) is 8.54. The van der Waals surface area contributed by atoms with Crippen LogP contribution in [0.3, 0.4) is 0 Å². The molecule has 0 aromatic heterocycles. The largest absolute Gasteiger partial charge is 0.497 e. The predicted octanol–water partition coefficient (Wildman–Crippen LogP) is 3.14. The van der Waals surface area contributed by atoms with E-state index in [2.05, 4.69) is 10.1 Å². The number of anilines is 1. The van der Waals surface area contributed by atoms with Crippen LogP contribution in [0.25, 0.3) is 6.08 Å². The molecule has 0 atom stereocenters. The SMILES string of the molecule is COC(=O)c1ccc(NC(=O)/C=C/c2cc(OC)ccc2OC)cc1. The second-order valence-electron chi connectivity index (χ2n) is 5.00. The van der Waals surface area contributed by atoms with Gasteiger partial charge < -0.3 is 19.5 Å². The van der Waals surface area contributed by atoms with Crippen LogP contribution >= 0.6 is 0 Å². The third kappa shape index (κ3) is 4.84. The number of esters is 1. The molecule has 0 aliphatic rings. The van der Waals surface area contributed by atoms with Crippen molar-refractivity contribution in [3.05, 3.63) is 59.7 Å². The van der Waals surface area contributed by atoms with E-state index in [0.717, 1.165) is 5.56 Å². The molecule has 0 saturated heterocycles. The van der Waals surface area contributed by atoms with Gasteiger partial charge in [-0.05, 0) is 48.5 Å². The maximum absolute atomic E-state index is 12.1. The lowest BCUT2D eigenvalue weighted by Crippen LogP contribution is -2.08. The Morgan fingerprint density at radius 1 is 0.960 bits per heavy atom. The van der Waals surface area contributed by atoms with Crippen LogP contribution in [0, 0.1) is 0 Å². The number of carbonyl (C=O) groups is 2. The van der Waals surface area contributed by atoms with Gasteiger partial charge in [0.25, 0.3) is 0 Å². The number of ether oxygens (including phenoxy) is 3. The Morgan fingerprint density at radius 3 is 2.28 bits per heavy atom. The topological polar surface area (TPSA) is 73.9 Å². The van der Waals surface area contributed by atoms with Crippen molar-refractivity contribution in [2.75, 3.05) is 26.6 Å². The molecule has 1 N–H and O–H groups in total. The maximum Gasteiger partial charge on any atom is 0.337 e. The Hall–Kier alpha value is -3.28. The highest BCUT2D eigenvalue weighted by Crippen LogP contribution is 2.25. The van der Waals surface area contributed by atoms with E-state index in [1.165, 1.54) is 13.2 Å². The molecule has 130 valence electrons. The minimum atomic E-state index is -0.428. The van der Waals surface area contributed by atoms with Crippen molar-refractivity contribution in [1.29, 1.82) is 0 Å². The molecular formula is C19H19NO5. The lowest BCUT2D eigenvalue weighted by atomic mass is 10.1. The number of amides is 1. The number of methoxy groups -OCH3 is 3. The third-order valence-electron chi connectivity index (χ3n) is 3.42. The highest BCUT2D eigenvalue weighted by atomic mass is 16.5. The van der Waals surface area contributed by atoms with E-state index in [-0.39, 0.29) is 5.91 Å². The molecule has 0 aliphatic heterocycles. The van der Waals surface area contributed by atoms with Crippen molar-refractivity contribution in [3.63, 3.8) is 0 Å². The summed E-state index contributed by atoms with van der Waals surface area (Å²) in [7, 11) is 4.44. The van der Waals surface area contributed by atoms with Crippen LogP contribution in [0.5, 0.6) is 11.5 Å². The first-order valence-corrected chi connectivity index (χ1v) is 7.47. The van der Waals surface area contributed by atoms with Crippen LogP contribution in [0.4, 0.5) is 5.69 Å². The summed E-state index contributed by atoms with van der Waals surface area (Å²) in [6.45, 7) is 0. The van der Waals surface area contributed by atoms with Gasteiger partial charge in [0.15, 0.2) is 0 Å². The van der Waals surface area contributed by atoms with E-state index in [1.807, 2.05) is 0 Å². The van der Waals surface area contributed by atoms with Crippen LogP contribution in [-0.2, 0) is 9.53 Å². The molecule has 0 unspecified atom stereocenters. The van der Waals surface area contributed by atoms with Crippen LogP contribution in [0.2, 0.25) is 0 Å². The third-order valence-corrected chi connectivity index (χ3v) is 3.42. The van der Waals surface area contributed by atoms with Gasteiger partial charge in [0.2, 0.25) is 5.91 Å². The lowest BCUT2D eigenvalue weighted by Gasteiger charge is -2.07. The van der Waals surface area contributed by atoms with Gasteiger partial charge >= 0.3 is 5.97 Å². The van der Waals surface area contributed by atoms with E-state index in [4.69, 9.17) is 9.47 Å². The average molecular weight is 341 g/mol. The Labute approximate surface area is 146 Å². The summed E-state index contributed by atoms with van der Waals surface area (Å²) < 4.78 is 15.1. The minimum Gasteiger partial charge on any atom is -0.497 e. The molecule has 6 heteroatoms. The molecule has 2 aromatic rings. The molecule has 0 radical (unpaired) electrons. The molecule has 0 fully saturated rings. The zero-order valence-corrected chi connectivity index (χ0v) is 14.2.